The largest absolute Gasteiger partial charge is 0.399 e. The van der Waals surface area contributed by atoms with Gasteiger partial charge >= 0.3 is 0 Å². The van der Waals surface area contributed by atoms with E-state index in [0.717, 1.165) is 41.9 Å². The second-order valence-electron chi connectivity index (χ2n) is 7.61. The molecule has 2 aliphatic rings. The third-order valence-electron chi connectivity index (χ3n) is 5.85. The van der Waals surface area contributed by atoms with Crippen molar-refractivity contribution in [1.29, 1.82) is 0 Å². The summed E-state index contributed by atoms with van der Waals surface area (Å²) in [5.41, 5.74) is 6.55. The Bertz CT molecular complexity index is 991. The number of hydrogen-bond acceptors (Lipinski definition) is 3. The molecule has 0 spiro atoms. The van der Waals surface area contributed by atoms with E-state index in [1.54, 1.807) is 7.11 Å². The Labute approximate surface area is 164 Å². The molecule has 4 nitrogen and oxygen atoms in total. The summed E-state index contributed by atoms with van der Waals surface area (Å²) >= 11 is 0. The molecular formula is C24H23N3O. The summed E-state index contributed by atoms with van der Waals surface area (Å²) in [4.78, 5) is 5.11. The van der Waals surface area contributed by atoms with Crippen LogP contribution >= 0.6 is 0 Å². The van der Waals surface area contributed by atoms with E-state index >= 15 is 0 Å². The van der Waals surface area contributed by atoms with E-state index in [-0.39, 0.29) is 5.41 Å². The van der Waals surface area contributed by atoms with E-state index in [9.17, 15) is 0 Å². The molecule has 0 bridgehead atoms. The summed E-state index contributed by atoms with van der Waals surface area (Å²) in [6.45, 7) is 0. The molecule has 0 unspecified atom stereocenters. The van der Waals surface area contributed by atoms with Crippen molar-refractivity contribution in [3.63, 3.8) is 0 Å². The molecule has 140 valence electrons. The lowest BCUT2D eigenvalue weighted by atomic mass is 9.68. The van der Waals surface area contributed by atoms with Crippen molar-refractivity contribution in [2.24, 2.45) is 11.1 Å². The molecule has 0 amide bonds. The molecule has 1 heterocycles. The van der Waals surface area contributed by atoms with Gasteiger partial charge in [0.25, 0.3) is 0 Å². The van der Waals surface area contributed by atoms with Crippen molar-refractivity contribution in [3.05, 3.63) is 94.8 Å². The van der Waals surface area contributed by atoms with Crippen LogP contribution in [0, 0.1) is 5.92 Å². The van der Waals surface area contributed by atoms with Gasteiger partial charge in [0.05, 0.1) is 0 Å². The predicted molar refractivity (Wildman–Crippen MR) is 111 cm³/mol. The van der Waals surface area contributed by atoms with Crippen molar-refractivity contribution in [2.45, 2.75) is 24.7 Å². The van der Waals surface area contributed by atoms with Crippen LogP contribution in [0.15, 0.2) is 71.9 Å². The second-order valence-corrected chi connectivity index (χ2v) is 7.61. The maximum absolute atomic E-state index is 5.11. The smallest absolute Gasteiger partial charge is 0.117 e. The van der Waals surface area contributed by atoms with E-state index < -0.39 is 0 Å². The van der Waals surface area contributed by atoms with Gasteiger partial charge in [-0.05, 0) is 24.0 Å². The van der Waals surface area contributed by atoms with Crippen LogP contribution in [0.3, 0.4) is 0 Å². The Kier molecular flexibility index (Phi) is 4.12. The van der Waals surface area contributed by atoms with Crippen LogP contribution < -0.4 is 0 Å². The fourth-order valence-corrected chi connectivity index (χ4v) is 4.26. The number of oxime groups is 1. The molecule has 5 rings (SSSR count). The minimum absolute atomic E-state index is 0.211. The SMILES string of the molecule is CO/N=C(/c1n[nH]c2c1C=CC(c1ccccc1)(c1ccccc1)C2)C1CC1. The number of rotatable bonds is 5. The summed E-state index contributed by atoms with van der Waals surface area (Å²) in [5.74, 6) is 0.468. The number of aromatic amines is 1. The highest BCUT2D eigenvalue weighted by molar-refractivity contribution is 6.04. The first-order valence-electron chi connectivity index (χ1n) is 9.81. The third kappa shape index (κ3) is 2.76. The van der Waals surface area contributed by atoms with Gasteiger partial charge in [-0.3, -0.25) is 5.10 Å². The average molecular weight is 369 g/mol. The standard InChI is InChI=1S/C24H23N3O/c1-28-27-22(17-12-13-17)23-20-14-15-24(16-21(20)25-26-23,18-8-4-2-5-9-18)19-10-6-3-7-11-19/h2-11,14-15,17H,12-13,16H2,1H3,(H,25,26)/b27-22+. The Hall–Kier alpha value is -3.14. The van der Waals surface area contributed by atoms with Gasteiger partial charge in [-0.25, -0.2) is 0 Å². The van der Waals surface area contributed by atoms with Gasteiger partial charge in [0, 0.05) is 29.0 Å². The Balaban J connectivity index is 1.62. The first-order valence-corrected chi connectivity index (χ1v) is 9.81. The number of benzene rings is 2. The van der Waals surface area contributed by atoms with Crippen LogP contribution in [0.2, 0.25) is 0 Å². The Morgan fingerprint density at radius 1 is 1.04 bits per heavy atom. The number of H-pyrrole nitrogens is 1. The Morgan fingerprint density at radius 2 is 1.68 bits per heavy atom. The van der Waals surface area contributed by atoms with Crippen LogP contribution in [0.5, 0.6) is 0 Å². The lowest BCUT2D eigenvalue weighted by molar-refractivity contribution is 0.212. The first kappa shape index (κ1) is 17.0. The van der Waals surface area contributed by atoms with Crippen molar-refractivity contribution < 1.29 is 4.84 Å². The molecule has 0 saturated heterocycles. The van der Waals surface area contributed by atoms with Crippen LogP contribution in [0.4, 0.5) is 0 Å². The topological polar surface area (TPSA) is 50.3 Å². The summed E-state index contributed by atoms with van der Waals surface area (Å²) < 4.78 is 0. The lowest BCUT2D eigenvalue weighted by Crippen LogP contribution is -2.30. The van der Waals surface area contributed by atoms with Crippen molar-refractivity contribution in [2.75, 3.05) is 7.11 Å². The number of hydrogen-bond donors (Lipinski definition) is 1. The summed E-state index contributed by atoms with van der Waals surface area (Å²) in [5, 5.41) is 12.2. The average Bonchev–Trinajstić information content (AvgIpc) is 3.52. The summed E-state index contributed by atoms with van der Waals surface area (Å²) in [6, 6.07) is 21.4. The summed E-state index contributed by atoms with van der Waals surface area (Å²) in [6.07, 6.45) is 7.70. The predicted octanol–water partition coefficient (Wildman–Crippen LogP) is 4.73. The fraction of sp³-hybridized carbons (Fsp3) is 0.250. The molecule has 4 heteroatoms. The maximum atomic E-state index is 5.11. The third-order valence-corrected chi connectivity index (χ3v) is 5.85. The molecular weight excluding hydrogens is 346 g/mol. The molecule has 2 aromatic carbocycles. The monoisotopic (exact) mass is 369 g/mol. The van der Waals surface area contributed by atoms with Gasteiger partial charge in [-0.2, -0.15) is 5.10 Å². The molecule has 0 atom stereocenters. The van der Waals surface area contributed by atoms with E-state index in [2.05, 4.69) is 88.2 Å². The van der Waals surface area contributed by atoms with Gasteiger partial charge in [0.2, 0.25) is 0 Å². The zero-order chi connectivity index (χ0) is 19.0. The number of allylic oxidation sites excluding steroid dienone is 1. The first-order chi connectivity index (χ1) is 13.8. The van der Waals surface area contributed by atoms with Gasteiger partial charge in [0.15, 0.2) is 0 Å². The van der Waals surface area contributed by atoms with Gasteiger partial charge in [-0.1, -0.05) is 78.0 Å². The number of nitrogens with zero attached hydrogens (tertiary/aromatic N) is 2. The molecule has 0 radical (unpaired) electrons. The normalized spacial score (nSPS) is 18.0. The molecule has 3 aromatic rings. The van der Waals surface area contributed by atoms with Crippen molar-refractivity contribution in [1.82, 2.24) is 10.2 Å². The minimum Gasteiger partial charge on any atom is -0.399 e. The minimum atomic E-state index is -0.211. The highest BCUT2D eigenvalue weighted by atomic mass is 16.6. The molecule has 1 aromatic heterocycles. The quantitative estimate of drug-likeness (QED) is 0.522. The second kappa shape index (κ2) is 6.79. The van der Waals surface area contributed by atoms with Crippen LogP contribution in [0.1, 0.15) is 40.9 Å². The van der Waals surface area contributed by atoms with Crippen LogP contribution in [-0.2, 0) is 16.7 Å². The van der Waals surface area contributed by atoms with Crippen LogP contribution in [0.25, 0.3) is 6.08 Å². The van der Waals surface area contributed by atoms with E-state index in [4.69, 9.17) is 4.84 Å². The van der Waals surface area contributed by atoms with Gasteiger partial charge < -0.3 is 4.84 Å². The lowest BCUT2D eigenvalue weighted by Gasteiger charge is -2.34. The number of fused-ring (bicyclic) bond motifs is 1. The highest BCUT2D eigenvalue weighted by Crippen LogP contribution is 2.43. The fourth-order valence-electron chi connectivity index (χ4n) is 4.26. The van der Waals surface area contributed by atoms with E-state index in [1.165, 1.54) is 11.1 Å². The van der Waals surface area contributed by atoms with Gasteiger partial charge in [-0.15, -0.1) is 0 Å². The van der Waals surface area contributed by atoms with Crippen molar-refractivity contribution in [3.8, 4) is 0 Å². The van der Waals surface area contributed by atoms with E-state index in [1.807, 2.05) is 0 Å². The van der Waals surface area contributed by atoms with Gasteiger partial charge in [0.1, 0.15) is 18.5 Å². The molecule has 1 N–H and O–H groups in total. The zero-order valence-electron chi connectivity index (χ0n) is 15.9. The number of aromatic nitrogens is 2. The highest BCUT2D eigenvalue weighted by Gasteiger charge is 2.38. The maximum Gasteiger partial charge on any atom is 0.117 e. The van der Waals surface area contributed by atoms with Crippen molar-refractivity contribution >= 4 is 11.8 Å². The number of nitrogens with one attached hydrogen (secondary N) is 1. The molecule has 28 heavy (non-hydrogen) atoms. The zero-order valence-corrected chi connectivity index (χ0v) is 15.9. The van der Waals surface area contributed by atoms with Crippen LogP contribution in [-0.4, -0.2) is 23.0 Å². The molecule has 1 saturated carbocycles. The molecule has 0 aliphatic heterocycles. The Morgan fingerprint density at radius 3 is 2.25 bits per heavy atom. The summed E-state index contributed by atoms with van der Waals surface area (Å²) in [7, 11) is 1.60. The van der Waals surface area contributed by atoms with E-state index in [0.29, 0.717) is 5.92 Å². The molecule has 1 fully saturated rings. The molecule has 2 aliphatic carbocycles.